The molecule has 2 aromatic carbocycles. The van der Waals surface area contributed by atoms with E-state index in [1.54, 1.807) is 17.0 Å². The van der Waals surface area contributed by atoms with Crippen molar-refractivity contribution in [2.24, 2.45) is 11.8 Å². The van der Waals surface area contributed by atoms with Gasteiger partial charge >= 0.3 is 0 Å². The summed E-state index contributed by atoms with van der Waals surface area (Å²) in [6, 6.07) is 15.9. The lowest BCUT2D eigenvalue weighted by molar-refractivity contribution is -0.144. The molecule has 2 aromatic rings. The molecule has 0 aromatic heterocycles. The number of rotatable bonds is 10. The number of likely N-dealkylation sites (tertiary alicyclic amines) is 1. The molecule has 0 spiro atoms. The van der Waals surface area contributed by atoms with Crippen molar-refractivity contribution in [2.75, 3.05) is 13.1 Å². The fraction of sp³-hybridized carbons (Fsp3) is 0.379. The fourth-order valence-electron chi connectivity index (χ4n) is 5.07. The molecule has 1 fully saturated rings. The number of benzene rings is 2. The molecule has 1 N–H and O–H groups in total. The first-order valence-electron chi connectivity index (χ1n) is 12.7. The summed E-state index contributed by atoms with van der Waals surface area (Å²) in [5, 5.41) is 3.44. The van der Waals surface area contributed by atoms with Crippen LogP contribution in [0.1, 0.15) is 37.3 Å². The van der Waals surface area contributed by atoms with E-state index in [4.69, 9.17) is 11.6 Å². The second-order valence-electron chi connectivity index (χ2n) is 9.48. The van der Waals surface area contributed by atoms with E-state index < -0.39 is 6.04 Å². The highest BCUT2D eigenvalue weighted by Gasteiger charge is 2.47. The Bertz CT molecular complexity index is 1140. The second-order valence-corrected chi connectivity index (χ2v) is 9.92. The van der Waals surface area contributed by atoms with Gasteiger partial charge in [-0.05, 0) is 43.0 Å². The van der Waals surface area contributed by atoms with Crippen molar-refractivity contribution in [1.29, 1.82) is 0 Å². The van der Waals surface area contributed by atoms with Crippen LogP contribution < -0.4 is 5.32 Å². The summed E-state index contributed by atoms with van der Waals surface area (Å²) in [7, 11) is 0. The maximum Gasteiger partial charge on any atom is 0.243 e. The summed E-state index contributed by atoms with van der Waals surface area (Å²) in [5.74, 6) is -1.63. The van der Waals surface area contributed by atoms with Crippen LogP contribution in [0, 0.1) is 11.8 Å². The van der Waals surface area contributed by atoms with Crippen LogP contribution in [0.4, 0.5) is 0 Å². The Morgan fingerprint density at radius 2 is 1.59 bits per heavy atom. The molecular weight excluding hydrogens is 490 g/mol. The number of hydrogen-bond acceptors (Lipinski definition) is 4. The van der Waals surface area contributed by atoms with Crippen molar-refractivity contribution in [2.45, 2.75) is 45.2 Å². The fourth-order valence-corrected chi connectivity index (χ4v) is 5.20. The predicted molar refractivity (Wildman–Crippen MR) is 141 cm³/mol. The minimum Gasteiger partial charge on any atom is -0.355 e. The zero-order valence-electron chi connectivity index (χ0n) is 20.9. The molecular formula is C29H32ClN3O4. The van der Waals surface area contributed by atoms with Gasteiger partial charge in [0.1, 0.15) is 6.04 Å². The Kier molecular flexibility index (Phi) is 8.77. The van der Waals surface area contributed by atoms with E-state index in [1.165, 1.54) is 4.90 Å². The maximum atomic E-state index is 13.7. The van der Waals surface area contributed by atoms with Crippen LogP contribution in [0.25, 0.3) is 0 Å². The molecule has 4 amide bonds. The Labute approximate surface area is 222 Å². The smallest absolute Gasteiger partial charge is 0.243 e. The van der Waals surface area contributed by atoms with E-state index in [-0.39, 0.29) is 55.0 Å². The topological polar surface area (TPSA) is 86.8 Å². The van der Waals surface area contributed by atoms with Gasteiger partial charge in [-0.15, -0.1) is 0 Å². The van der Waals surface area contributed by atoms with Gasteiger partial charge in [0.05, 0.1) is 11.8 Å². The van der Waals surface area contributed by atoms with Crippen molar-refractivity contribution < 1.29 is 19.2 Å². The van der Waals surface area contributed by atoms with Gasteiger partial charge in [0.15, 0.2) is 0 Å². The first-order valence-corrected chi connectivity index (χ1v) is 13.1. The van der Waals surface area contributed by atoms with Crippen molar-refractivity contribution in [1.82, 2.24) is 15.1 Å². The molecule has 37 heavy (non-hydrogen) atoms. The molecule has 3 atom stereocenters. The zero-order valence-corrected chi connectivity index (χ0v) is 21.7. The van der Waals surface area contributed by atoms with Crippen LogP contribution in [0.2, 0.25) is 5.02 Å². The second kappa shape index (κ2) is 12.2. The molecule has 0 unspecified atom stereocenters. The zero-order chi connectivity index (χ0) is 26.4. The quantitative estimate of drug-likeness (QED) is 0.381. The number of likely N-dealkylation sites (N-methyl/N-ethyl adjacent to an activating group) is 1. The summed E-state index contributed by atoms with van der Waals surface area (Å²) < 4.78 is 0. The molecule has 1 saturated heterocycles. The molecule has 8 heteroatoms. The summed E-state index contributed by atoms with van der Waals surface area (Å²) in [5.41, 5.74) is 1.75. The third kappa shape index (κ3) is 6.28. The van der Waals surface area contributed by atoms with E-state index in [1.807, 2.05) is 61.5 Å². The highest BCUT2D eigenvalue weighted by atomic mass is 35.5. The SMILES string of the molecule is CCNC(=O)[C@@H](Cc1ccccc1)N(Cc1ccc(Cl)cc1)C(=O)CCN1C(=O)[C@H]2CC=CC[C@H]2C1=O. The number of carbonyl (C=O) groups excluding carboxylic acids is 4. The van der Waals surface area contributed by atoms with E-state index >= 15 is 0 Å². The van der Waals surface area contributed by atoms with Crippen molar-refractivity contribution in [3.8, 4) is 0 Å². The molecule has 0 bridgehead atoms. The monoisotopic (exact) mass is 521 g/mol. The van der Waals surface area contributed by atoms with Crippen LogP contribution in [0.15, 0.2) is 66.7 Å². The highest BCUT2D eigenvalue weighted by molar-refractivity contribution is 6.30. The van der Waals surface area contributed by atoms with Crippen molar-refractivity contribution in [3.63, 3.8) is 0 Å². The molecule has 1 aliphatic carbocycles. The normalized spacial score (nSPS) is 19.5. The largest absolute Gasteiger partial charge is 0.355 e. The Morgan fingerprint density at radius 1 is 0.973 bits per heavy atom. The molecule has 7 nitrogen and oxygen atoms in total. The molecule has 1 heterocycles. The van der Waals surface area contributed by atoms with Crippen LogP contribution in [0.5, 0.6) is 0 Å². The molecule has 0 radical (unpaired) electrons. The van der Waals surface area contributed by atoms with Gasteiger partial charge in [-0.1, -0.05) is 66.2 Å². The van der Waals surface area contributed by atoms with Gasteiger partial charge in [-0.3, -0.25) is 24.1 Å². The number of amides is 4. The van der Waals surface area contributed by atoms with Crippen LogP contribution in [-0.2, 0) is 32.1 Å². The summed E-state index contributed by atoms with van der Waals surface area (Å²) in [6.45, 7) is 2.47. The van der Waals surface area contributed by atoms with Gasteiger partial charge in [-0.2, -0.15) is 0 Å². The number of imide groups is 1. The Morgan fingerprint density at radius 3 is 2.19 bits per heavy atom. The summed E-state index contributed by atoms with van der Waals surface area (Å²) in [4.78, 5) is 55.5. The standard InChI is InChI=1S/C29H32ClN3O4/c1-2-31-27(35)25(18-20-8-4-3-5-9-20)33(19-21-12-14-22(30)15-13-21)26(34)16-17-32-28(36)23-10-6-7-11-24(23)29(32)37/h3-9,12-15,23-25H,2,10-11,16-19H2,1H3,(H,31,35)/t23-,24+,25-/m1/s1. The predicted octanol–water partition coefficient (Wildman–Crippen LogP) is 3.76. The van der Waals surface area contributed by atoms with Crippen molar-refractivity contribution in [3.05, 3.63) is 82.9 Å². The minimum absolute atomic E-state index is 0.00801. The lowest BCUT2D eigenvalue weighted by Crippen LogP contribution is -2.51. The van der Waals surface area contributed by atoms with Crippen LogP contribution in [-0.4, -0.2) is 52.6 Å². The molecule has 2 aliphatic rings. The Balaban J connectivity index is 1.56. The molecule has 4 rings (SSSR count). The van der Waals surface area contributed by atoms with Crippen molar-refractivity contribution >= 4 is 35.2 Å². The van der Waals surface area contributed by atoms with Crippen LogP contribution in [0.3, 0.4) is 0 Å². The number of halogens is 1. The first kappa shape index (κ1) is 26.6. The van der Waals surface area contributed by atoms with Gasteiger partial charge in [0, 0.05) is 37.5 Å². The number of allylic oxidation sites excluding steroid dienone is 2. The third-order valence-corrected chi connectivity index (χ3v) is 7.29. The van der Waals surface area contributed by atoms with Gasteiger partial charge < -0.3 is 10.2 Å². The third-order valence-electron chi connectivity index (χ3n) is 7.04. The first-order chi connectivity index (χ1) is 17.9. The molecule has 0 saturated carbocycles. The van der Waals surface area contributed by atoms with Gasteiger partial charge in [0.2, 0.25) is 23.6 Å². The number of nitrogens with zero attached hydrogens (tertiary/aromatic N) is 2. The number of nitrogens with one attached hydrogen (secondary N) is 1. The van der Waals surface area contributed by atoms with E-state index in [0.29, 0.717) is 30.8 Å². The minimum atomic E-state index is -0.762. The van der Waals surface area contributed by atoms with Gasteiger partial charge in [0.25, 0.3) is 0 Å². The molecule has 1 aliphatic heterocycles. The average molecular weight is 522 g/mol. The lowest BCUT2D eigenvalue weighted by atomic mass is 9.85. The number of hydrogen-bond donors (Lipinski definition) is 1. The molecule has 194 valence electrons. The lowest BCUT2D eigenvalue weighted by Gasteiger charge is -2.32. The number of carbonyl (C=O) groups is 4. The van der Waals surface area contributed by atoms with E-state index in [0.717, 1.165) is 11.1 Å². The average Bonchev–Trinajstić information content (AvgIpc) is 3.15. The summed E-state index contributed by atoms with van der Waals surface area (Å²) in [6.07, 6.45) is 5.27. The van der Waals surface area contributed by atoms with Crippen LogP contribution >= 0.6 is 11.6 Å². The van der Waals surface area contributed by atoms with Gasteiger partial charge in [-0.25, -0.2) is 0 Å². The van der Waals surface area contributed by atoms with E-state index in [2.05, 4.69) is 5.32 Å². The summed E-state index contributed by atoms with van der Waals surface area (Å²) >= 11 is 6.06. The highest BCUT2D eigenvalue weighted by Crippen LogP contribution is 2.35. The maximum absolute atomic E-state index is 13.7. The Hall–Kier alpha value is -3.45. The number of fused-ring (bicyclic) bond motifs is 1. The van der Waals surface area contributed by atoms with E-state index in [9.17, 15) is 19.2 Å².